The van der Waals surface area contributed by atoms with Gasteiger partial charge >= 0.3 is 6.18 Å². The van der Waals surface area contributed by atoms with Crippen LogP contribution in [0, 0.1) is 6.92 Å². The number of aliphatic hydroxyl groups is 4. The van der Waals surface area contributed by atoms with Crippen LogP contribution in [-0.2, 0) is 75.7 Å². The number of nitrogens with one attached hydrogen (secondary N) is 8. The topological polar surface area (TPSA) is 381 Å². The van der Waals surface area contributed by atoms with Crippen LogP contribution < -0.4 is 42.5 Å². The monoisotopic (exact) mass is 2000 g/mol. The lowest BCUT2D eigenvalue weighted by Crippen LogP contribution is -2.63. The van der Waals surface area contributed by atoms with Crippen LogP contribution in [0.3, 0.4) is 0 Å². The Morgan fingerprint density at radius 3 is 1.11 bits per heavy atom. The van der Waals surface area contributed by atoms with Gasteiger partial charge in [0.2, 0.25) is 23.6 Å². The minimum atomic E-state index is -4.33. The maximum Gasteiger partial charge on any atom is 0.395 e. The molecule has 20 rings (SSSR count). The predicted molar refractivity (Wildman–Crippen MR) is 536 cm³/mol. The third-order valence-corrected chi connectivity index (χ3v) is 33.9. The lowest BCUT2D eigenvalue weighted by molar-refractivity contribution is -0.146. The molecule has 4 saturated carbocycles. The number of alkyl halides is 5. The van der Waals surface area contributed by atoms with E-state index in [-0.39, 0.29) is 79.5 Å². The van der Waals surface area contributed by atoms with Crippen molar-refractivity contribution >= 4 is 136 Å². The van der Waals surface area contributed by atoms with Gasteiger partial charge < -0.3 is 63.0 Å². The van der Waals surface area contributed by atoms with E-state index in [0.717, 1.165) is 225 Å². The van der Waals surface area contributed by atoms with Crippen LogP contribution in [0.4, 0.5) is 45.2 Å². The molecule has 3 atom stereocenters. The summed E-state index contributed by atoms with van der Waals surface area (Å²) in [6.07, 6.45) is 15.0. The number of rotatable bonds is 29. The molecule has 0 bridgehead atoms. The van der Waals surface area contributed by atoms with E-state index in [1.807, 2.05) is 42.5 Å². The highest BCUT2D eigenvalue weighted by molar-refractivity contribution is 7.11. The van der Waals surface area contributed by atoms with Gasteiger partial charge in [-0.1, -0.05) is 36.8 Å². The number of halogens is 5. The van der Waals surface area contributed by atoms with Gasteiger partial charge in [0.05, 0.1) is 109 Å². The Labute approximate surface area is 826 Å². The number of carbonyl (C=O) groups excluding carboxylic acids is 4. The molecule has 4 saturated heterocycles. The van der Waals surface area contributed by atoms with Gasteiger partial charge in [-0.05, 0) is 209 Å². The second-order valence-electron chi connectivity index (χ2n) is 39.3. The van der Waals surface area contributed by atoms with Crippen molar-refractivity contribution in [3.05, 3.63) is 161 Å². The highest BCUT2D eigenvalue weighted by Gasteiger charge is 2.47. The van der Waals surface area contributed by atoms with E-state index < -0.39 is 46.8 Å². The summed E-state index contributed by atoms with van der Waals surface area (Å²) in [4.78, 5) is 79.6. The van der Waals surface area contributed by atoms with Crippen molar-refractivity contribution in [1.29, 1.82) is 0 Å². The quantitative estimate of drug-likeness (QED) is 0.0194. The number of amides is 4. The molecule has 32 nitrogen and oxygen atoms in total. The smallest absolute Gasteiger partial charge is 0.384 e. The molecular formula is C99H129F5N24O8S4. The van der Waals surface area contributed by atoms with Crippen LogP contribution >= 0.6 is 45.3 Å². The fraction of sp³-hybridized carbons (Fsp3) is 0.556. The molecular weight excluding hydrogens is 1880 g/mol. The lowest BCUT2D eigenvalue weighted by Gasteiger charge is -2.48. The minimum Gasteiger partial charge on any atom is -0.384 e. The molecule has 4 amide bonds. The van der Waals surface area contributed by atoms with Gasteiger partial charge in [-0.3, -0.25) is 67.5 Å². The van der Waals surface area contributed by atoms with Crippen molar-refractivity contribution in [3.63, 3.8) is 0 Å². The number of hydrogen-bond acceptors (Lipinski definition) is 28. The number of thiazole rings is 4. The summed E-state index contributed by atoms with van der Waals surface area (Å²) in [5.41, 5.74) is 6.60. The lowest BCUT2D eigenvalue weighted by atomic mass is 9.80. The summed E-state index contributed by atoms with van der Waals surface area (Å²) in [6.45, 7) is 18.2. The number of nitrogens with zero attached hydrogens (tertiary/aromatic N) is 16. The Morgan fingerprint density at radius 1 is 0.443 bits per heavy atom. The third kappa shape index (κ3) is 23.1. The first-order valence-corrected chi connectivity index (χ1v) is 52.4. The van der Waals surface area contributed by atoms with Crippen molar-refractivity contribution in [3.8, 4) is 0 Å². The number of aryl methyl sites for hydroxylation is 6. The fourth-order valence-electron chi connectivity index (χ4n) is 21.0. The first kappa shape index (κ1) is 101. The summed E-state index contributed by atoms with van der Waals surface area (Å²) < 4.78 is 74.1. The zero-order valence-electron chi connectivity index (χ0n) is 80.6. The number of anilines is 4. The van der Waals surface area contributed by atoms with E-state index in [9.17, 15) is 61.6 Å². The molecule has 4 aliphatic carbocycles. The standard InChI is InChI=1S/C27H35F3N6O2S.2C24H31FN6O2S.C24H32N6O2S/c1-4-24-31-12-22(39-24)26(38)9-7-19(8-10-26)36-14-18(15-36)33-23(37)13-32-25-20-11-17(16(2)27(28,29)30)5-6-21(20)35(3)34-25;1-15(25)16-3-4-20-19(9-16)23(29-30(20)2)27-11-22(32)28-17-12-31(13-17)18-5-7-24(33,8-6-18)21-10-26-14-34-21;1-15(25)16-3-4-20-19(11-16)22(29-30(20)2)27-12-21(32)28-17-13-31(14-17)18-5-7-24(33,8-6-18)23-26-9-10-34-23;1-3-30-20-5-4-16(2)10-19(20)23(28-30)26-12-22(31)27-17-13-29(14-17)18-6-8-24(32,9-7-18)21-11-25-15-33-21/h5-6,11-12,16,18-19,38H,4,7-10,13-15H2,1-3H3,(H,32,34)(H,33,37);3-4,9-10,14-15,17-18,33H,5-8,11-13H2,1-2H3,(H,27,29)(H,28,32);3-4,9-11,15,17-18,33H,5-8,12-14H2,1-2H3,(H,27,29)(H,28,32);4-5,10-11,15,17-18,32H,3,6-9,12-14H2,1-2H3,(H,26,28)(H,27,31). The van der Waals surface area contributed by atoms with Gasteiger partial charge in [-0.2, -0.15) is 33.6 Å². The van der Waals surface area contributed by atoms with Crippen LogP contribution in [0.25, 0.3) is 43.6 Å². The van der Waals surface area contributed by atoms with Crippen molar-refractivity contribution in [2.45, 2.75) is 252 Å². The maximum atomic E-state index is 13.7. The number of carbonyl (C=O) groups is 4. The fourth-order valence-corrected chi connectivity index (χ4v) is 24.4. The maximum absolute atomic E-state index is 13.7. The van der Waals surface area contributed by atoms with Gasteiger partial charge in [-0.15, -0.1) is 45.3 Å². The molecule has 0 spiro atoms. The highest BCUT2D eigenvalue weighted by Crippen LogP contribution is 2.47. The summed E-state index contributed by atoms with van der Waals surface area (Å²) in [6, 6.07) is 23.9. The normalized spacial score (nSPS) is 24.2. The largest absolute Gasteiger partial charge is 0.395 e. The second-order valence-corrected chi connectivity index (χ2v) is 43.1. The van der Waals surface area contributed by atoms with Crippen LogP contribution in [-0.4, -0.2) is 256 Å². The van der Waals surface area contributed by atoms with Crippen LogP contribution in [0.2, 0.25) is 0 Å². The molecule has 4 aromatic carbocycles. The molecule has 8 fully saturated rings. The van der Waals surface area contributed by atoms with Crippen molar-refractivity contribution in [2.24, 2.45) is 21.1 Å². The molecule has 41 heteroatoms. The SMILES string of the molecule is CC(F)c1ccc2c(c1)c(NCC(=O)NC1CN(C3CCC(O)(c4cncs4)CC3)C1)nn2C.CC(F)c1ccc2c(c1)c(NCC(=O)NC1CN(C3CCC(O)(c4nccs4)CC3)C1)nn2C.CCc1ncc(C2(O)CCC(N3CC(NC(=O)CNc4nn(C)c5ccc(C(C)C(F)(F)F)cc45)C3)CC2)s1.CCn1nc(NCC(=O)NC2CN(C3CCC(O)(c4cncs4)CC3)C2)c2cc(C)ccc21. The number of benzene rings is 4. The summed E-state index contributed by atoms with van der Waals surface area (Å²) in [7, 11) is 5.38. The van der Waals surface area contributed by atoms with E-state index in [2.05, 4.69) is 141 Å². The average molecular weight is 2010 g/mol. The van der Waals surface area contributed by atoms with Gasteiger partial charge in [-0.25, -0.2) is 18.7 Å². The van der Waals surface area contributed by atoms with Gasteiger partial charge in [0.15, 0.2) is 23.3 Å². The number of aromatic nitrogens is 12. The Balaban J connectivity index is 0.000000129. The number of hydrogen-bond donors (Lipinski definition) is 12. The summed E-state index contributed by atoms with van der Waals surface area (Å²) in [5, 5.41) is 93.6. The Morgan fingerprint density at radius 2 is 0.786 bits per heavy atom. The molecule has 140 heavy (non-hydrogen) atoms. The van der Waals surface area contributed by atoms with E-state index in [1.54, 1.807) is 92.4 Å². The van der Waals surface area contributed by atoms with E-state index in [1.165, 1.54) is 65.6 Å². The summed E-state index contributed by atoms with van der Waals surface area (Å²) in [5.74, 6) is 0.359. The first-order chi connectivity index (χ1) is 67.1. The zero-order chi connectivity index (χ0) is 98.7. The molecule has 3 unspecified atom stereocenters. The van der Waals surface area contributed by atoms with Crippen LogP contribution in [0.15, 0.2) is 114 Å². The van der Waals surface area contributed by atoms with Gasteiger partial charge in [0.1, 0.15) is 39.8 Å². The number of likely N-dealkylation sites (tertiary alicyclic amines) is 4. The Bertz CT molecular complexity index is 6050. The molecule has 752 valence electrons. The van der Waals surface area contributed by atoms with Crippen molar-refractivity contribution in [1.82, 2.24) is 99.9 Å². The first-order valence-electron chi connectivity index (χ1n) is 48.9. The molecule has 4 aliphatic heterocycles. The molecule has 12 heterocycles. The third-order valence-electron chi connectivity index (χ3n) is 29.6. The zero-order valence-corrected chi connectivity index (χ0v) is 83.9. The Hall–Kier alpha value is -10.3. The second kappa shape index (κ2) is 43.1. The van der Waals surface area contributed by atoms with E-state index in [4.69, 9.17) is 0 Å². The molecule has 12 aromatic rings. The Kier molecular flexibility index (Phi) is 31.1. The molecule has 8 aliphatic rings. The van der Waals surface area contributed by atoms with Gasteiger partial charge in [0, 0.05) is 156 Å². The predicted octanol–water partition coefficient (Wildman–Crippen LogP) is 13.4. The minimum absolute atomic E-state index is 0.00489. The molecule has 12 N–H and O–H groups in total. The summed E-state index contributed by atoms with van der Waals surface area (Å²) >= 11 is 6.18. The van der Waals surface area contributed by atoms with Crippen LogP contribution in [0.1, 0.15) is 203 Å². The van der Waals surface area contributed by atoms with Crippen molar-refractivity contribution < 1.29 is 61.6 Å². The van der Waals surface area contributed by atoms with E-state index in [0.29, 0.717) is 76.5 Å². The van der Waals surface area contributed by atoms with E-state index >= 15 is 0 Å². The highest BCUT2D eigenvalue weighted by atomic mass is 32.1. The number of fused-ring (bicyclic) bond motifs is 4. The van der Waals surface area contributed by atoms with Crippen LogP contribution in [0.5, 0.6) is 0 Å². The average Bonchev–Trinajstić information content (AvgIpc) is 1.56. The molecule has 8 aromatic heterocycles. The van der Waals surface area contributed by atoms with Gasteiger partial charge in [0.25, 0.3) is 0 Å². The molecule has 0 radical (unpaired) electrons. The van der Waals surface area contributed by atoms with Crippen molar-refractivity contribution in [2.75, 3.05) is 99.8 Å².